The van der Waals surface area contributed by atoms with E-state index >= 15 is 0 Å². The third-order valence-electron chi connectivity index (χ3n) is 6.08. The zero-order valence-electron chi connectivity index (χ0n) is 17.0. The predicted octanol–water partition coefficient (Wildman–Crippen LogP) is 5.38. The quantitative estimate of drug-likeness (QED) is 0.399. The van der Waals surface area contributed by atoms with Gasteiger partial charge in [-0.15, -0.1) is 0 Å². The van der Waals surface area contributed by atoms with E-state index in [0.717, 1.165) is 11.4 Å². The first-order chi connectivity index (χ1) is 15.3. The summed E-state index contributed by atoms with van der Waals surface area (Å²) in [6, 6.07) is 25.4. The van der Waals surface area contributed by atoms with Crippen LogP contribution < -0.4 is 4.74 Å². The van der Waals surface area contributed by atoms with Crippen molar-refractivity contribution in [1.29, 1.82) is 0 Å². The Morgan fingerprint density at radius 1 is 0.645 bits per heavy atom. The second-order valence-electron chi connectivity index (χ2n) is 7.64. The van der Waals surface area contributed by atoms with E-state index in [1.807, 2.05) is 24.3 Å². The van der Waals surface area contributed by atoms with Crippen molar-refractivity contribution in [2.24, 2.45) is 0 Å². The molecule has 5 rings (SSSR count). The van der Waals surface area contributed by atoms with Gasteiger partial charge in [-0.3, -0.25) is 0 Å². The predicted molar refractivity (Wildman–Crippen MR) is 119 cm³/mol. The summed E-state index contributed by atoms with van der Waals surface area (Å²) in [4.78, 5) is 17.6. The molecule has 154 valence electrons. The van der Waals surface area contributed by atoms with Crippen molar-refractivity contribution >= 4 is 11.6 Å². The molecule has 4 aromatic rings. The molecule has 31 heavy (non-hydrogen) atoms. The molecular weight excluding hydrogens is 408 g/mol. The molecule has 1 aliphatic carbocycles. The minimum atomic E-state index is 0.135. The molecule has 0 radical (unpaired) electrons. The Balaban J connectivity index is 1.69. The summed E-state index contributed by atoms with van der Waals surface area (Å²) in [5.41, 5.74) is 4.40. The number of ether oxygens (including phenoxy) is 1. The Bertz CT molecular complexity index is 1120. The van der Waals surface area contributed by atoms with Gasteiger partial charge in [-0.1, -0.05) is 60.7 Å². The minimum Gasteiger partial charge on any atom is -0.467 e. The first kappa shape index (κ1) is 19.6. The van der Waals surface area contributed by atoms with Gasteiger partial charge < -0.3 is 4.74 Å². The Hall–Kier alpha value is -3.31. The van der Waals surface area contributed by atoms with Crippen LogP contribution in [0.15, 0.2) is 85.2 Å². The summed E-state index contributed by atoms with van der Waals surface area (Å²) in [6.45, 7) is 0. The summed E-state index contributed by atoms with van der Waals surface area (Å²) in [5, 5.41) is 0.267. The number of hydrogen-bond donors (Lipinski definition) is 0. The summed E-state index contributed by atoms with van der Waals surface area (Å²) >= 11 is 6.19. The van der Waals surface area contributed by atoms with Gasteiger partial charge in [-0.05, 0) is 34.9 Å². The highest BCUT2D eigenvalue weighted by Gasteiger charge is 2.54. The average molecular weight is 429 g/mol. The first-order valence-electron chi connectivity index (χ1n) is 10.2. The van der Waals surface area contributed by atoms with Gasteiger partial charge in [0.1, 0.15) is 0 Å². The molecule has 0 unspecified atom stereocenters. The number of halogens is 1. The smallest absolute Gasteiger partial charge is 0.316 e. The minimum absolute atomic E-state index is 0.135. The van der Waals surface area contributed by atoms with E-state index in [4.69, 9.17) is 21.3 Å². The number of rotatable bonds is 5. The Kier molecular flexibility index (Phi) is 5.35. The van der Waals surface area contributed by atoms with Crippen LogP contribution >= 0.6 is 11.6 Å². The summed E-state index contributed by atoms with van der Waals surface area (Å²) in [7, 11) is 1.59. The molecule has 0 N–H and O–H groups in total. The number of aromatic nitrogens is 4. The molecule has 0 amide bonds. The van der Waals surface area contributed by atoms with Crippen LogP contribution in [0.1, 0.15) is 46.2 Å². The van der Waals surface area contributed by atoms with Gasteiger partial charge in [0.2, 0.25) is 5.28 Å². The molecule has 6 heteroatoms. The topological polar surface area (TPSA) is 60.8 Å². The van der Waals surface area contributed by atoms with Crippen molar-refractivity contribution in [2.75, 3.05) is 7.11 Å². The van der Waals surface area contributed by atoms with Crippen LogP contribution in [0.2, 0.25) is 5.28 Å². The molecule has 2 heterocycles. The number of nitrogens with zero attached hydrogens (tertiary/aromatic N) is 4. The zero-order chi connectivity index (χ0) is 21.2. The van der Waals surface area contributed by atoms with Crippen molar-refractivity contribution in [2.45, 2.75) is 23.7 Å². The SMILES string of the molecule is COc1nccc(C2[C@H](c3ccccc3)C(c3ccnc(Cl)n3)[C@H]2c2ccccc2)n1. The lowest BCUT2D eigenvalue weighted by molar-refractivity contribution is 0.218. The molecule has 2 atom stereocenters. The normalized spacial score (nSPS) is 22.5. The fraction of sp³-hybridized carbons (Fsp3) is 0.200. The van der Waals surface area contributed by atoms with Gasteiger partial charge in [-0.2, -0.15) is 4.98 Å². The molecular formula is C25H21ClN4O. The van der Waals surface area contributed by atoms with Gasteiger partial charge in [0, 0.05) is 41.8 Å². The maximum atomic E-state index is 6.19. The molecule has 2 aromatic carbocycles. The van der Waals surface area contributed by atoms with E-state index in [2.05, 4.69) is 63.5 Å². The highest BCUT2D eigenvalue weighted by Crippen LogP contribution is 2.65. The van der Waals surface area contributed by atoms with Crippen LogP contribution in [0.25, 0.3) is 0 Å². The van der Waals surface area contributed by atoms with E-state index in [1.165, 1.54) is 11.1 Å². The molecule has 0 bridgehead atoms. The number of methoxy groups -OCH3 is 1. The van der Waals surface area contributed by atoms with Crippen LogP contribution in [0.4, 0.5) is 0 Å². The second kappa shape index (κ2) is 8.44. The van der Waals surface area contributed by atoms with Crippen LogP contribution in [-0.4, -0.2) is 27.0 Å². The van der Waals surface area contributed by atoms with Crippen LogP contribution in [-0.2, 0) is 0 Å². The fourth-order valence-electron chi connectivity index (χ4n) is 4.84. The Morgan fingerprint density at radius 3 is 1.68 bits per heavy atom. The zero-order valence-corrected chi connectivity index (χ0v) is 17.7. The van der Waals surface area contributed by atoms with E-state index in [-0.39, 0.29) is 29.0 Å². The largest absolute Gasteiger partial charge is 0.467 e. The Labute approximate surface area is 186 Å². The molecule has 0 aliphatic heterocycles. The van der Waals surface area contributed by atoms with Crippen molar-refractivity contribution in [3.05, 3.63) is 113 Å². The summed E-state index contributed by atoms with van der Waals surface area (Å²) < 4.78 is 5.32. The van der Waals surface area contributed by atoms with Crippen molar-refractivity contribution in [1.82, 2.24) is 19.9 Å². The van der Waals surface area contributed by atoms with Gasteiger partial charge in [-0.25, -0.2) is 15.0 Å². The van der Waals surface area contributed by atoms with E-state index in [1.54, 1.807) is 19.5 Å². The van der Waals surface area contributed by atoms with Crippen molar-refractivity contribution < 1.29 is 4.74 Å². The lowest BCUT2D eigenvalue weighted by atomic mass is 9.50. The van der Waals surface area contributed by atoms with Gasteiger partial charge in [0.25, 0.3) is 0 Å². The molecule has 2 aromatic heterocycles. The summed E-state index contributed by atoms with van der Waals surface area (Å²) in [5.74, 6) is 0.630. The average Bonchev–Trinajstić information content (AvgIpc) is 2.80. The lowest BCUT2D eigenvalue weighted by Crippen LogP contribution is -2.41. The van der Waals surface area contributed by atoms with Gasteiger partial charge in [0.15, 0.2) is 0 Å². The molecule has 0 saturated heterocycles. The van der Waals surface area contributed by atoms with E-state index in [0.29, 0.717) is 6.01 Å². The van der Waals surface area contributed by atoms with Crippen molar-refractivity contribution in [3.8, 4) is 6.01 Å². The third-order valence-corrected chi connectivity index (χ3v) is 6.27. The Morgan fingerprint density at radius 2 is 1.16 bits per heavy atom. The van der Waals surface area contributed by atoms with E-state index in [9.17, 15) is 0 Å². The molecule has 1 saturated carbocycles. The molecule has 5 nitrogen and oxygen atoms in total. The van der Waals surface area contributed by atoms with Crippen LogP contribution in [0.3, 0.4) is 0 Å². The number of hydrogen-bond acceptors (Lipinski definition) is 5. The van der Waals surface area contributed by atoms with E-state index < -0.39 is 0 Å². The maximum Gasteiger partial charge on any atom is 0.316 e. The second-order valence-corrected chi connectivity index (χ2v) is 7.98. The molecule has 0 spiro atoms. The highest BCUT2D eigenvalue weighted by molar-refractivity contribution is 6.28. The fourth-order valence-corrected chi connectivity index (χ4v) is 4.99. The van der Waals surface area contributed by atoms with Gasteiger partial charge >= 0.3 is 6.01 Å². The van der Waals surface area contributed by atoms with Gasteiger partial charge in [0.05, 0.1) is 12.8 Å². The third kappa shape index (κ3) is 3.66. The number of benzene rings is 2. The van der Waals surface area contributed by atoms with Crippen LogP contribution in [0.5, 0.6) is 6.01 Å². The highest BCUT2D eigenvalue weighted by atomic mass is 35.5. The first-order valence-corrected chi connectivity index (χ1v) is 10.6. The van der Waals surface area contributed by atoms with Crippen LogP contribution in [0, 0.1) is 0 Å². The lowest BCUT2D eigenvalue weighted by Gasteiger charge is -2.52. The standard InChI is InChI=1S/C25H21ClN4O/c1-31-25-28-15-13-19(30-25)23-20(16-8-4-2-5-9-16)22(18-12-14-27-24(26)29-18)21(23)17-10-6-3-7-11-17/h2-15,20-23H,1H3/t20-,21-,22?,23?/m1/s1. The maximum absolute atomic E-state index is 6.19. The molecule has 1 fully saturated rings. The summed E-state index contributed by atoms with van der Waals surface area (Å²) in [6.07, 6.45) is 3.50. The monoisotopic (exact) mass is 428 g/mol. The van der Waals surface area contributed by atoms with Crippen molar-refractivity contribution in [3.63, 3.8) is 0 Å². The molecule has 1 aliphatic rings.